The van der Waals surface area contributed by atoms with Gasteiger partial charge in [-0.05, 0) is 70.2 Å². The van der Waals surface area contributed by atoms with Crippen molar-refractivity contribution in [1.29, 1.82) is 0 Å². The minimum atomic E-state index is -0.860. The quantitative estimate of drug-likeness (QED) is 0.492. The van der Waals surface area contributed by atoms with Gasteiger partial charge in [-0.3, -0.25) is 9.59 Å². The molecule has 0 saturated heterocycles. The summed E-state index contributed by atoms with van der Waals surface area (Å²) in [6.45, 7) is 9.12. The van der Waals surface area contributed by atoms with Gasteiger partial charge in [-0.25, -0.2) is 4.79 Å². The van der Waals surface area contributed by atoms with Gasteiger partial charge in [0.2, 0.25) is 11.8 Å². The van der Waals surface area contributed by atoms with Crippen LogP contribution in [0.2, 0.25) is 0 Å². The number of amides is 3. The van der Waals surface area contributed by atoms with Crippen LogP contribution in [0.4, 0.5) is 4.79 Å². The summed E-state index contributed by atoms with van der Waals surface area (Å²) in [5.41, 5.74) is 0.578. The largest absolute Gasteiger partial charge is 0.508 e. The van der Waals surface area contributed by atoms with Crippen molar-refractivity contribution in [2.24, 2.45) is 0 Å². The number of phenols is 1. The van der Waals surface area contributed by atoms with E-state index in [4.69, 9.17) is 4.74 Å². The van der Waals surface area contributed by atoms with E-state index < -0.39 is 17.7 Å². The van der Waals surface area contributed by atoms with Crippen molar-refractivity contribution >= 4 is 17.9 Å². The molecule has 1 saturated carbocycles. The van der Waals surface area contributed by atoms with E-state index in [0.717, 1.165) is 32.1 Å². The van der Waals surface area contributed by atoms with Gasteiger partial charge in [0, 0.05) is 12.6 Å². The molecular formula is C26H41N3O5. The van der Waals surface area contributed by atoms with E-state index in [0.29, 0.717) is 24.1 Å². The molecule has 0 radical (unpaired) electrons. The first-order valence-corrected chi connectivity index (χ1v) is 12.4. The van der Waals surface area contributed by atoms with Gasteiger partial charge in [-0.15, -0.1) is 0 Å². The second kappa shape index (κ2) is 12.6. The topological polar surface area (TPSA) is 108 Å². The lowest BCUT2D eigenvalue weighted by Gasteiger charge is -2.33. The fourth-order valence-electron chi connectivity index (χ4n) is 4.14. The van der Waals surface area contributed by atoms with E-state index in [-0.39, 0.29) is 30.2 Å². The van der Waals surface area contributed by atoms with Crippen molar-refractivity contribution in [3.8, 4) is 5.75 Å². The number of aromatic hydroxyl groups is 1. The van der Waals surface area contributed by atoms with Crippen LogP contribution in [0.15, 0.2) is 18.2 Å². The number of benzene rings is 1. The Morgan fingerprint density at radius 3 is 2.44 bits per heavy atom. The van der Waals surface area contributed by atoms with Crippen molar-refractivity contribution in [2.75, 3.05) is 13.1 Å². The maximum Gasteiger partial charge on any atom is 0.408 e. The van der Waals surface area contributed by atoms with Crippen LogP contribution in [0.3, 0.4) is 0 Å². The second-order valence-electron chi connectivity index (χ2n) is 10.1. The molecule has 0 spiro atoms. The van der Waals surface area contributed by atoms with Gasteiger partial charge < -0.3 is 25.4 Å². The SMILES string of the molecule is CCCCN(C(=O)CNC(=O)OC(C)(C)C)C(C(=O)NC1CCCCC1)c1ccc(O)c(C)c1. The molecule has 1 aliphatic rings. The number of nitrogens with zero attached hydrogens (tertiary/aromatic N) is 1. The third-order valence-corrected chi connectivity index (χ3v) is 5.90. The summed E-state index contributed by atoms with van der Waals surface area (Å²) in [5.74, 6) is -0.472. The molecule has 3 amide bonds. The molecule has 190 valence electrons. The number of alkyl carbamates (subject to hydrolysis) is 1. The first kappa shape index (κ1) is 27.5. The van der Waals surface area contributed by atoms with Crippen LogP contribution in [0.25, 0.3) is 0 Å². The summed E-state index contributed by atoms with van der Waals surface area (Å²) in [6, 6.07) is 4.20. The summed E-state index contributed by atoms with van der Waals surface area (Å²) in [4.78, 5) is 40.5. The number of carbonyl (C=O) groups excluding carboxylic acids is 3. The summed E-state index contributed by atoms with van der Waals surface area (Å²) < 4.78 is 5.24. The number of hydrogen-bond donors (Lipinski definition) is 3. The van der Waals surface area contributed by atoms with Crippen LogP contribution in [-0.2, 0) is 14.3 Å². The Kier molecular flexibility index (Phi) is 10.2. The summed E-state index contributed by atoms with van der Waals surface area (Å²) in [7, 11) is 0. The Bertz CT molecular complexity index is 843. The minimum absolute atomic E-state index is 0.0879. The van der Waals surface area contributed by atoms with Gasteiger partial charge in [-0.1, -0.05) is 38.7 Å². The Morgan fingerprint density at radius 1 is 1.18 bits per heavy atom. The second-order valence-corrected chi connectivity index (χ2v) is 10.1. The highest BCUT2D eigenvalue weighted by molar-refractivity contribution is 5.90. The lowest BCUT2D eigenvalue weighted by molar-refractivity contribution is -0.140. The highest BCUT2D eigenvalue weighted by Crippen LogP contribution is 2.28. The number of hydrogen-bond acceptors (Lipinski definition) is 5. The molecule has 8 heteroatoms. The van der Waals surface area contributed by atoms with E-state index >= 15 is 0 Å². The summed E-state index contributed by atoms with van der Waals surface area (Å²) >= 11 is 0. The van der Waals surface area contributed by atoms with Crippen molar-refractivity contribution in [2.45, 2.75) is 97.2 Å². The standard InChI is InChI=1S/C26H41N3O5/c1-6-7-15-29(22(31)17-27-25(33)34-26(3,4)5)23(19-13-14-21(30)18(2)16-19)24(32)28-20-11-9-8-10-12-20/h13-14,16,20,23,30H,6-12,15,17H2,1-5H3,(H,27,33)(H,28,32). The van der Waals surface area contributed by atoms with E-state index in [2.05, 4.69) is 10.6 Å². The Morgan fingerprint density at radius 2 is 1.85 bits per heavy atom. The fraction of sp³-hybridized carbons (Fsp3) is 0.654. The van der Waals surface area contributed by atoms with Gasteiger partial charge >= 0.3 is 6.09 Å². The number of carbonyl (C=O) groups is 3. The zero-order chi connectivity index (χ0) is 25.3. The van der Waals surface area contributed by atoms with E-state index in [1.54, 1.807) is 45.9 Å². The molecule has 34 heavy (non-hydrogen) atoms. The van der Waals surface area contributed by atoms with Crippen LogP contribution in [0.5, 0.6) is 5.75 Å². The predicted molar refractivity (Wildman–Crippen MR) is 131 cm³/mol. The third-order valence-electron chi connectivity index (χ3n) is 5.90. The van der Waals surface area contributed by atoms with E-state index in [9.17, 15) is 19.5 Å². The monoisotopic (exact) mass is 475 g/mol. The molecule has 3 N–H and O–H groups in total. The minimum Gasteiger partial charge on any atom is -0.508 e. The van der Waals surface area contributed by atoms with Gasteiger partial charge in [-0.2, -0.15) is 0 Å². The first-order chi connectivity index (χ1) is 16.0. The third kappa shape index (κ3) is 8.54. The zero-order valence-electron chi connectivity index (χ0n) is 21.3. The van der Waals surface area contributed by atoms with Crippen LogP contribution < -0.4 is 10.6 Å². The Hall–Kier alpha value is -2.77. The molecule has 1 aromatic rings. The van der Waals surface area contributed by atoms with Crippen LogP contribution in [0, 0.1) is 6.92 Å². The Labute approximate surface area is 203 Å². The van der Waals surface area contributed by atoms with Gasteiger partial charge in [0.15, 0.2) is 0 Å². The lowest BCUT2D eigenvalue weighted by atomic mass is 9.94. The number of phenolic OH excluding ortho intramolecular Hbond substituents is 1. The molecule has 1 fully saturated rings. The highest BCUT2D eigenvalue weighted by atomic mass is 16.6. The van der Waals surface area contributed by atoms with Crippen LogP contribution in [-0.4, -0.2) is 52.6 Å². The maximum atomic E-state index is 13.6. The number of rotatable bonds is 9. The summed E-state index contributed by atoms with van der Waals surface area (Å²) in [6.07, 6.45) is 6.05. The smallest absolute Gasteiger partial charge is 0.408 e. The Balaban J connectivity index is 2.30. The predicted octanol–water partition coefficient (Wildman–Crippen LogP) is 4.34. The molecule has 0 aliphatic heterocycles. The average Bonchev–Trinajstić information content (AvgIpc) is 2.76. The van der Waals surface area contributed by atoms with Crippen molar-refractivity contribution in [1.82, 2.24) is 15.5 Å². The van der Waals surface area contributed by atoms with Crippen LogP contribution in [0.1, 0.15) is 89.8 Å². The number of ether oxygens (including phenoxy) is 1. The maximum absolute atomic E-state index is 13.6. The molecule has 1 aromatic carbocycles. The molecule has 2 rings (SSSR count). The highest BCUT2D eigenvalue weighted by Gasteiger charge is 2.33. The fourth-order valence-corrected chi connectivity index (χ4v) is 4.14. The molecule has 1 unspecified atom stereocenters. The molecule has 1 aliphatic carbocycles. The molecule has 8 nitrogen and oxygen atoms in total. The molecule has 0 aromatic heterocycles. The molecule has 0 heterocycles. The zero-order valence-corrected chi connectivity index (χ0v) is 21.3. The molecule has 0 bridgehead atoms. The normalized spacial score (nSPS) is 15.3. The van der Waals surface area contributed by atoms with E-state index in [1.807, 2.05) is 6.92 Å². The number of unbranched alkanes of at least 4 members (excludes halogenated alkanes) is 1. The lowest BCUT2D eigenvalue weighted by Crippen LogP contribution is -2.50. The molecule has 1 atom stereocenters. The molecular weight excluding hydrogens is 434 g/mol. The number of aryl methyl sites for hydroxylation is 1. The summed E-state index contributed by atoms with van der Waals surface area (Å²) in [5, 5.41) is 15.7. The van der Waals surface area contributed by atoms with Gasteiger partial charge in [0.25, 0.3) is 0 Å². The van der Waals surface area contributed by atoms with Gasteiger partial charge in [0.1, 0.15) is 23.9 Å². The van der Waals surface area contributed by atoms with Crippen molar-refractivity contribution in [3.05, 3.63) is 29.3 Å². The average molecular weight is 476 g/mol. The van der Waals surface area contributed by atoms with Gasteiger partial charge in [0.05, 0.1) is 0 Å². The van der Waals surface area contributed by atoms with E-state index in [1.165, 1.54) is 11.3 Å². The first-order valence-electron chi connectivity index (χ1n) is 12.4. The van der Waals surface area contributed by atoms with Crippen LogP contribution >= 0.6 is 0 Å². The number of nitrogens with one attached hydrogen (secondary N) is 2. The van der Waals surface area contributed by atoms with Crippen molar-refractivity contribution in [3.63, 3.8) is 0 Å². The van der Waals surface area contributed by atoms with Crippen molar-refractivity contribution < 1.29 is 24.2 Å².